The molecule has 6 nitrogen and oxygen atoms in total. The molecular formula is C17H19ClN3O3+. The van der Waals surface area contributed by atoms with Gasteiger partial charge in [-0.25, -0.2) is 0 Å². The Kier molecular flexibility index (Phi) is 4.87. The molecule has 7 heteroatoms. The number of carbonyl (C=O) groups is 2. The van der Waals surface area contributed by atoms with Crippen molar-refractivity contribution in [3.63, 3.8) is 0 Å². The summed E-state index contributed by atoms with van der Waals surface area (Å²) in [5, 5.41) is 2.47. The number of nitrogens with zero attached hydrogens (tertiary/aromatic N) is 2. The van der Waals surface area contributed by atoms with E-state index in [4.69, 9.17) is 16.0 Å². The summed E-state index contributed by atoms with van der Waals surface area (Å²) >= 11 is 6.12. The van der Waals surface area contributed by atoms with Crippen molar-refractivity contribution in [3.05, 3.63) is 52.9 Å². The molecule has 0 atom stereocenters. The molecule has 1 aliphatic heterocycles. The van der Waals surface area contributed by atoms with Crippen LogP contribution in [0.2, 0.25) is 5.02 Å². The molecule has 2 N–H and O–H groups in total. The highest BCUT2D eigenvalue weighted by Gasteiger charge is 2.33. The van der Waals surface area contributed by atoms with Crippen LogP contribution in [0, 0.1) is 6.92 Å². The van der Waals surface area contributed by atoms with Crippen LogP contribution >= 0.6 is 11.6 Å². The van der Waals surface area contributed by atoms with Gasteiger partial charge in [-0.05, 0) is 36.8 Å². The van der Waals surface area contributed by atoms with E-state index < -0.39 is 0 Å². The molecule has 3 rings (SSSR count). The number of nitrogens with two attached hydrogens (primary N) is 1. The number of halogens is 1. The normalized spacial score (nSPS) is 14.5. The van der Waals surface area contributed by atoms with Crippen molar-refractivity contribution in [1.29, 1.82) is 0 Å². The first-order valence-corrected chi connectivity index (χ1v) is 8.11. The van der Waals surface area contributed by atoms with Gasteiger partial charge in [-0.15, -0.1) is 0 Å². The Hall–Kier alpha value is -2.31. The highest BCUT2D eigenvalue weighted by atomic mass is 35.5. The van der Waals surface area contributed by atoms with Crippen LogP contribution in [-0.2, 0) is 16.1 Å². The number of rotatable bonds is 5. The number of amides is 2. The van der Waals surface area contributed by atoms with Crippen LogP contribution in [0.3, 0.4) is 0 Å². The number of furan rings is 1. The molecule has 2 aromatic rings. The minimum absolute atomic E-state index is 0.0721. The predicted molar refractivity (Wildman–Crippen MR) is 89.5 cm³/mol. The second kappa shape index (κ2) is 7.07. The number of anilines is 1. The van der Waals surface area contributed by atoms with Gasteiger partial charge in [0.2, 0.25) is 5.91 Å². The van der Waals surface area contributed by atoms with Crippen LogP contribution in [0.1, 0.15) is 11.3 Å². The number of benzene rings is 1. The molecule has 0 unspecified atom stereocenters. The maximum atomic E-state index is 12.3. The zero-order valence-electron chi connectivity index (χ0n) is 13.4. The van der Waals surface area contributed by atoms with E-state index in [2.05, 4.69) is 0 Å². The first kappa shape index (κ1) is 16.5. The fourth-order valence-corrected chi connectivity index (χ4v) is 2.88. The van der Waals surface area contributed by atoms with E-state index in [1.54, 1.807) is 28.2 Å². The van der Waals surface area contributed by atoms with Crippen LogP contribution in [-0.4, -0.2) is 36.5 Å². The quantitative estimate of drug-likeness (QED) is 0.880. The third-order valence-corrected chi connectivity index (χ3v) is 4.48. The molecule has 1 aromatic heterocycles. The highest BCUT2D eigenvalue weighted by Crippen LogP contribution is 2.28. The molecule has 2 heterocycles. The van der Waals surface area contributed by atoms with Crippen molar-refractivity contribution in [3.8, 4) is 0 Å². The number of carbonyl (C=O) groups excluding carboxylic acids is 2. The van der Waals surface area contributed by atoms with Gasteiger partial charge in [0.05, 0.1) is 6.26 Å². The molecule has 2 amide bonds. The second-order valence-corrected chi connectivity index (χ2v) is 6.12. The molecule has 24 heavy (non-hydrogen) atoms. The maximum Gasteiger partial charge on any atom is 0.279 e. The summed E-state index contributed by atoms with van der Waals surface area (Å²) in [6.07, 6.45) is 1.61. The zero-order chi connectivity index (χ0) is 17.1. The largest absolute Gasteiger partial charge is 0.463 e. The molecule has 1 fully saturated rings. The van der Waals surface area contributed by atoms with Gasteiger partial charge < -0.3 is 14.6 Å². The minimum Gasteiger partial charge on any atom is -0.463 e. The van der Waals surface area contributed by atoms with Crippen LogP contribution in [0.4, 0.5) is 5.69 Å². The SMILES string of the molecule is Cc1c(Cl)cccc1N1CN(C(=O)C[NH2+]Cc2ccco2)CC1=O. The van der Waals surface area contributed by atoms with Crippen LogP contribution in [0.25, 0.3) is 0 Å². The molecule has 0 spiro atoms. The van der Waals surface area contributed by atoms with Gasteiger partial charge >= 0.3 is 0 Å². The van der Waals surface area contributed by atoms with Gasteiger partial charge in [0.25, 0.3) is 5.91 Å². The number of quaternary nitrogens is 1. The van der Waals surface area contributed by atoms with Crippen molar-refractivity contribution >= 4 is 29.1 Å². The van der Waals surface area contributed by atoms with E-state index in [9.17, 15) is 9.59 Å². The first-order chi connectivity index (χ1) is 11.6. The standard InChI is InChI=1S/C17H18ClN3O3/c1-12-14(18)5-2-6-15(12)21-11-20(10-17(21)23)16(22)9-19-8-13-4-3-7-24-13/h2-7,19H,8-11H2,1H3/p+1. The highest BCUT2D eigenvalue weighted by molar-refractivity contribution is 6.31. The van der Waals surface area contributed by atoms with Crippen molar-refractivity contribution in [2.45, 2.75) is 13.5 Å². The molecular weight excluding hydrogens is 330 g/mol. The molecule has 1 aliphatic rings. The van der Waals surface area contributed by atoms with Gasteiger partial charge in [0.1, 0.15) is 19.8 Å². The summed E-state index contributed by atoms with van der Waals surface area (Å²) in [6.45, 7) is 3.09. The lowest BCUT2D eigenvalue weighted by Crippen LogP contribution is -2.85. The molecule has 0 aliphatic carbocycles. The van der Waals surface area contributed by atoms with E-state index in [-0.39, 0.29) is 31.6 Å². The lowest BCUT2D eigenvalue weighted by Gasteiger charge is -2.20. The summed E-state index contributed by atoms with van der Waals surface area (Å²) in [7, 11) is 0. The van der Waals surface area contributed by atoms with Gasteiger partial charge in [-0.2, -0.15) is 0 Å². The van der Waals surface area contributed by atoms with E-state index >= 15 is 0 Å². The average molecular weight is 349 g/mol. The van der Waals surface area contributed by atoms with Gasteiger partial charge in [0, 0.05) is 10.7 Å². The lowest BCUT2D eigenvalue weighted by molar-refractivity contribution is -0.662. The topological polar surface area (TPSA) is 70.4 Å². The Morgan fingerprint density at radius 2 is 2.17 bits per heavy atom. The second-order valence-electron chi connectivity index (χ2n) is 5.72. The maximum absolute atomic E-state index is 12.3. The van der Waals surface area contributed by atoms with Gasteiger partial charge in [-0.3, -0.25) is 14.5 Å². The fourth-order valence-electron chi connectivity index (χ4n) is 2.71. The predicted octanol–water partition coefficient (Wildman–Crippen LogP) is 1.14. The Balaban J connectivity index is 1.59. The summed E-state index contributed by atoms with van der Waals surface area (Å²) in [5.74, 6) is 0.647. The minimum atomic E-state index is -0.0975. The Morgan fingerprint density at radius 3 is 2.92 bits per heavy atom. The summed E-state index contributed by atoms with van der Waals surface area (Å²) in [5.41, 5.74) is 1.59. The summed E-state index contributed by atoms with van der Waals surface area (Å²) < 4.78 is 5.23. The van der Waals surface area contributed by atoms with E-state index in [0.29, 0.717) is 11.6 Å². The van der Waals surface area contributed by atoms with Crippen molar-refractivity contribution in [2.24, 2.45) is 0 Å². The van der Waals surface area contributed by atoms with Crippen LogP contribution in [0.15, 0.2) is 41.0 Å². The molecule has 0 radical (unpaired) electrons. The number of hydrogen-bond acceptors (Lipinski definition) is 3. The molecule has 126 valence electrons. The van der Waals surface area contributed by atoms with Crippen molar-refractivity contribution < 1.29 is 19.3 Å². The smallest absolute Gasteiger partial charge is 0.279 e. The van der Waals surface area contributed by atoms with Crippen LogP contribution in [0.5, 0.6) is 0 Å². The van der Waals surface area contributed by atoms with Crippen LogP contribution < -0.4 is 10.2 Å². The van der Waals surface area contributed by atoms with Gasteiger partial charge in [-0.1, -0.05) is 17.7 Å². The fraction of sp³-hybridized carbons (Fsp3) is 0.294. The molecule has 0 saturated carbocycles. The van der Waals surface area contributed by atoms with E-state index in [0.717, 1.165) is 17.0 Å². The Morgan fingerprint density at radius 1 is 1.33 bits per heavy atom. The van der Waals surface area contributed by atoms with Crippen molar-refractivity contribution in [2.75, 3.05) is 24.7 Å². The molecule has 0 bridgehead atoms. The number of hydrogen-bond donors (Lipinski definition) is 1. The third kappa shape index (κ3) is 3.44. The summed E-state index contributed by atoms with van der Waals surface area (Å²) in [6, 6.07) is 9.11. The Labute approximate surface area is 145 Å². The lowest BCUT2D eigenvalue weighted by atomic mass is 10.2. The monoisotopic (exact) mass is 348 g/mol. The van der Waals surface area contributed by atoms with E-state index in [1.807, 2.05) is 30.4 Å². The van der Waals surface area contributed by atoms with E-state index in [1.165, 1.54) is 0 Å². The average Bonchev–Trinajstić information content (AvgIpc) is 3.20. The molecule has 1 saturated heterocycles. The van der Waals surface area contributed by atoms with Gasteiger partial charge in [0.15, 0.2) is 12.3 Å². The molecule has 1 aromatic carbocycles. The zero-order valence-corrected chi connectivity index (χ0v) is 14.1. The summed E-state index contributed by atoms with van der Waals surface area (Å²) in [4.78, 5) is 27.7. The third-order valence-electron chi connectivity index (χ3n) is 4.07. The first-order valence-electron chi connectivity index (χ1n) is 7.73. The Bertz CT molecular complexity index is 746. The van der Waals surface area contributed by atoms with Crippen molar-refractivity contribution in [1.82, 2.24) is 4.90 Å².